The van der Waals surface area contributed by atoms with Crippen LogP contribution in [0.3, 0.4) is 0 Å². The fourth-order valence-corrected chi connectivity index (χ4v) is 21.0. The van der Waals surface area contributed by atoms with Gasteiger partial charge in [0.15, 0.2) is 25.5 Å². The molecule has 6 atom stereocenters. The number of aryl methyl sites for hydroxylation is 1. The van der Waals surface area contributed by atoms with Crippen LogP contribution in [0.15, 0.2) is 147 Å². The number of ether oxygens (including phenoxy) is 1. The number of aliphatic hydroxyl groups excluding tert-OH is 1. The number of benzene rings is 5. The number of β-amino-alcohol motifs (C(OH)–C–C–N with tert-alkyl or cyclic N) is 1. The Balaban J connectivity index is 0.583. The molecule has 4 aliphatic heterocycles. The third-order valence-corrected chi connectivity index (χ3v) is 28.7. The normalized spacial score (nSPS) is 19.9. The van der Waals surface area contributed by atoms with Crippen molar-refractivity contribution in [2.24, 2.45) is 16.7 Å². The summed E-state index contributed by atoms with van der Waals surface area (Å²) in [6.45, 7) is 25.9. The number of halogens is 1. The molecule has 1 aromatic heterocycles. The molecule has 0 spiro atoms. The average molecular weight is 1660 g/mol. The molecule has 1 aliphatic carbocycles. The molecule has 4 amide bonds. The van der Waals surface area contributed by atoms with Gasteiger partial charge in [-0.05, 0) is 178 Å². The van der Waals surface area contributed by atoms with E-state index in [9.17, 15) is 45.9 Å². The van der Waals surface area contributed by atoms with Crippen LogP contribution in [0.1, 0.15) is 150 Å². The summed E-state index contributed by atoms with van der Waals surface area (Å²) in [5.74, 6) is -1.26. The molecule has 0 radical (unpaired) electrons. The summed E-state index contributed by atoms with van der Waals surface area (Å²) < 4.78 is 60.4. The van der Waals surface area contributed by atoms with Gasteiger partial charge in [0.1, 0.15) is 17.8 Å². The SMILES string of the molecule is Cc1ncsc1-c1ccc([C@H](C)NC(=O)[C@@H]2C[C@@H](O)CN2C(=O)[C@@H](NC(=O)CCCCCCCC(=O)N2CCN(CCN(C)CC3(C)CCC(c4ccc(Cl)cc4)=C(CN4CCN(c5ccc(C(=O)CS(=O)(=O)c6ccc(C[C@H](CCN7CCOCC7)CSc7ccccc7)c(S(C)(=O)=O)c6)cc5)CC4)C3)CC2)C(C)(C)C)cc1. The first kappa shape index (κ1) is 87.9. The molecule has 5 heterocycles. The van der Waals surface area contributed by atoms with Crippen LogP contribution >= 0.6 is 34.7 Å². The van der Waals surface area contributed by atoms with Crippen LogP contribution in [0.5, 0.6) is 0 Å². The van der Waals surface area contributed by atoms with E-state index >= 15 is 0 Å². The number of carbonyl (C=O) groups excluding carboxylic acids is 5. The molecule has 26 heteroatoms. The predicted octanol–water partition coefficient (Wildman–Crippen LogP) is 12.4. The second kappa shape index (κ2) is 40.5. The number of carbonyl (C=O) groups is 5. The van der Waals surface area contributed by atoms with Crippen LogP contribution in [0.2, 0.25) is 5.02 Å². The van der Waals surface area contributed by atoms with E-state index in [0.29, 0.717) is 56.2 Å². The minimum atomic E-state index is -4.22. The number of nitrogens with zero attached hydrogens (tertiary/aromatic N) is 8. The average Bonchev–Trinajstić information content (AvgIpc) is 0.824. The lowest BCUT2D eigenvalue weighted by atomic mass is 9.71. The number of nitrogens with one attached hydrogen (secondary N) is 2. The number of likely N-dealkylation sites (tertiary alicyclic amines) is 1. The van der Waals surface area contributed by atoms with Crippen molar-refractivity contribution >= 4 is 95.0 Å². The van der Waals surface area contributed by atoms with Crippen LogP contribution in [0.25, 0.3) is 16.0 Å². The maximum Gasteiger partial charge on any atom is 0.246 e. The van der Waals surface area contributed by atoms with Crippen molar-refractivity contribution in [2.75, 3.05) is 148 Å². The Bertz CT molecular complexity index is 4490. The highest BCUT2D eigenvalue weighted by atomic mass is 35.5. The van der Waals surface area contributed by atoms with E-state index in [1.165, 1.54) is 33.7 Å². The van der Waals surface area contributed by atoms with Gasteiger partial charge in [0.25, 0.3) is 0 Å². The minimum Gasteiger partial charge on any atom is -0.391 e. The van der Waals surface area contributed by atoms with Crippen LogP contribution < -0.4 is 15.5 Å². The van der Waals surface area contributed by atoms with Gasteiger partial charge < -0.3 is 40.1 Å². The molecule has 4 saturated heterocycles. The summed E-state index contributed by atoms with van der Waals surface area (Å²) in [5.41, 5.74) is 10.0. The van der Waals surface area contributed by atoms with Gasteiger partial charge in [0.2, 0.25) is 23.6 Å². The second-order valence-corrected chi connectivity index (χ2v) is 40.0. The predicted molar refractivity (Wildman–Crippen MR) is 457 cm³/mol. The molecule has 618 valence electrons. The number of thiazole rings is 1. The Labute approximate surface area is 690 Å². The molecule has 3 N–H and O–H groups in total. The number of aliphatic hydroxyl groups is 1. The molecule has 1 unspecified atom stereocenters. The van der Waals surface area contributed by atoms with E-state index in [1.807, 2.05) is 112 Å². The van der Waals surface area contributed by atoms with Gasteiger partial charge >= 0.3 is 0 Å². The van der Waals surface area contributed by atoms with E-state index in [4.69, 9.17) is 16.3 Å². The summed E-state index contributed by atoms with van der Waals surface area (Å²) in [7, 11) is -5.83. The van der Waals surface area contributed by atoms with Gasteiger partial charge in [-0.15, -0.1) is 23.1 Å². The number of aromatic nitrogens is 1. The fourth-order valence-electron chi connectivity index (χ4n) is 16.7. The molecule has 21 nitrogen and oxygen atoms in total. The fraction of sp³-hybridized carbons (Fsp3) is 0.545. The zero-order chi connectivity index (χ0) is 81.3. The van der Waals surface area contributed by atoms with E-state index < -0.39 is 54.8 Å². The van der Waals surface area contributed by atoms with Gasteiger partial charge in [-0.3, -0.25) is 38.7 Å². The lowest BCUT2D eigenvalue weighted by Crippen LogP contribution is -2.57. The summed E-state index contributed by atoms with van der Waals surface area (Å²) in [6, 6.07) is 35.7. The molecule has 114 heavy (non-hydrogen) atoms. The van der Waals surface area contributed by atoms with E-state index in [1.54, 1.807) is 41.3 Å². The van der Waals surface area contributed by atoms with E-state index in [2.05, 4.69) is 78.4 Å². The zero-order valence-corrected chi connectivity index (χ0v) is 72.0. The number of anilines is 1. The number of amides is 4. The highest BCUT2D eigenvalue weighted by molar-refractivity contribution is 7.99. The Hall–Kier alpha value is -6.88. The van der Waals surface area contributed by atoms with Crippen molar-refractivity contribution in [3.8, 4) is 10.4 Å². The number of unbranched alkanes of at least 4 members (excludes halogenated alkanes) is 4. The molecule has 0 saturated carbocycles. The Morgan fingerprint density at radius 1 is 0.781 bits per heavy atom. The number of hydrogen-bond acceptors (Lipinski definition) is 19. The molecule has 11 rings (SSSR count). The van der Waals surface area contributed by atoms with Gasteiger partial charge in [-0.25, -0.2) is 21.8 Å². The lowest BCUT2D eigenvalue weighted by molar-refractivity contribution is -0.144. The Morgan fingerprint density at radius 2 is 1.44 bits per heavy atom. The first-order valence-electron chi connectivity index (χ1n) is 40.8. The standard InChI is InChI=1S/C88H119ClN10O11S4/c1-63(66-21-23-69(24-22-66)83-64(2)90-62-112-83)91-85(104)78-54-74(100)58-99(78)86(105)84(87(3,4)5)92-81(102)19-15-10-9-11-16-20-82(103)98-47-41-95(42-48-98)40-39-93(7)61-88(6)37-35-77(67-25-30-72(89)31-26-67)71(56-88)57-96-43-45-97(46-44-96)73-32-27-68(28-33-73)79(101)60-114(108,109)76-34-29-70(80(55-76)113(8,106)107)53-65(36-38-94-49-51-110-52-50-94)59-111-75-17-13-12-14-18-75/h12-14,17-18,21-34,55,62-63,65,74,78,84,100H,9-11,15-16,19-20,35-54,56-61H2,1-8H3,(H,91,104)(H,92,102)/t63-,65-,74+,78-,84+,88?/m0/s1. The van der Waals surface area contributed by atoms with Crippen molar-refractivity contribution in [3.63, 3.8) is 0 Å². The molecule has 6 aromatic rings. The summed E-state index contributed by atoms with van der Waals surface area (Å²) in [6.07, 6.45) is 9.41. The van der Waals surface area contributed by atoms with Gasteiger partial charge in [0, 0.05) is 151 Å². The first-order valence-corrected chi connectivity index (χ1v) is 46.6. The third-order valence-electron chi connectivity index (χ3n) is 23.4. The maximum atomic E-state index is 14.3. The van der Waals surface area contributed by atoms with Crippen LogP contribution in [-0.2, 0) is 50.0 Å². The van der Waals surface area contributed by atoms with Crippen LogP contribution in [0.4, 0.5) is 5.69 Å². The van der Waals surface area contributed by atoms with Gasteiger partial charge in [0.05, 0.1) is 51.2 Å². The Morgan fingerprint density at radius 3 is 2.11 bits per heavy atom. The second-order valence-electron chi connectivity index (χ2n) is 33.7. The van der Waals surface area contributed by atoms with Gasteiger partial charge in [-0.2, -0.15) is 0 Å². The number of morpholine rings is 1. The Kier molecular flexibility index (Phi) is 31.3. The summed E-state index contributed by atoms with van der Waals surface area (Å²) >= 11 is 9.74. The van der Waals surface area contributed by atoms with Crippen molar-refractivity contribution in [2.45, 2.75) is 164 Å². The summed E-state index contributed by atoms with van der Waals surface area (Å²) in [4.78, 5) is 90.8. The number of rotatable bonds is 36. The van der Waals surface area contributed by atoms with E-state index in [0.717, 1.165) is 181 Å². The van der Waals surface area contributed by atoms with Gasteiger partial charge in [-0.1, -0.05) is 125 Å². The minimum absolute atomic E-state index is 0.00358. The molecule has 5 aromatic carbocycles. The number of likely N-dealkylation sites (N-methyl/N-ethyl adjacent to an activating group) is 1. The van der Waals surface area contributed by atoms with Crippen LogP contribution in [-0.4, -0.2) is 247 Å². The monoisotopic (exact) mass is 1650 g/mol. The summed E-state index contributed by atoms with van der Waals surface area (Å²) in [5, 5.41) is 17.5. The molecule has 4 fully saturated rings. The maximum absolute atomic E-state index is 14.3. The quantitative estimate of drug-likeness (QED) is 0.0188. The largest absolute Gasteiger partial charge is 0.391 e. The van der Waals surface area contributed by atoms with Crippen molar-refractivity contribution < 1.29 is 50.7 Å². The number of allylic oxidation sites excluding steroid dienone is 1. The molecule has 5 aliphatic rings. The first-order chi connectivity index (χ1) is 54.4. The smallest absolute Gasteiger partial charge is 0.246 e. The number of thioether (sulfide) groups is 1. The van der Waals surface area contributed by atoms with Crippen molar-refractivity contribution in [1.29, 1.82) is 0 Å². The van der Waals surface area contributed by atoms with Crippen molar-refractivity contribution in [1.82, 2.24) is 45.0 Å². The molecular weight excluding hydrogens is 1540 g/mol. The van der Waals surface area contributed by atoms with Crippen LogP contribution in [0, 0.1) is 23.7 Å². The number of hydrogen-bond donors (Lipinski definition) is 3. The topological polar surface area (TPSA) is 243 Å². The molecule has 0 bridgehead atoms. The number of piperazine rings is 2. The van der Waals surface area contributed by atoms with Crippen molar-refractivity contribution in [3.05, 3.63) is 165 Å². The zero-order valence-electron chi connectivity index (χ0n) is 68.0. The highest BCUT2D eigenvalue weighted by Gasteiger charge is 2.45. The third kappa shape index (κ3) is 24.9. The lowest BCUT2D eigenvalue weighted by Gasteiger charge is -2.42. The van der Waals surface area contributed by atoms with E-state index in [-0.39, 0.29) is 75.7 Å². The molecular formula is C88H119ClN10O11S4. The highest BCUT2D eigenvalue weighted by Crippen LogP contribution is 2.44. The number of sulfone groups is 2. The number of Topliss-reactive ketones (excluding diaryl/α,β-unsaturated/α-hetero) is 1. The number of ketones is 1.